The summed E-state index contributed by atoms with van der Waals surface area (Å²) in [7, 11) is 0. The van der Waals surface area contributed by atoms with Crippen molar-refractivity contribution in [2.24, 2.45) is 0 Å². The largest absolute Gasteiger partial charge is 0.477 e. The van der Waals surface area contributed by atoms with Crippen LogP contribution in [0.3, 0.4) is 0 Å². The lowest BCUT2D eigenvalue weighted by atomic mass is 9.93. The van der Waals surface area contributed by atoms with Crippen LogP contribution in [0.5, 0.6) is 0 Å². The van der Waals surface area contributed by atoms with Crippen LogP contribution in [0, 0.1) is 0 Å². The Kier molecular flexibility index (Phi) is 2.76. The first-order valence-electron chi connectivity index (χ1n) is 7.28. The van der Waals surface area contributed by atoms with Gasteiger partial charge in [0.15, 0.2) is 11.3 Å². The predicted molar refractivity (Wildman–Crippen MR) is 76.1 cm³/mol. The number of hydrogen-bond acceptors (Lipinski definition) is 2. The van der Waals surface area contributed by atoms with E-state index in [0.717, 1.165) is 18.3 Å². The minimum absolute atomic E-state index is 0.0412. The van der Waals surface area contributed by atoms with Crippen LogP contribution >= 0.6 is 0 Å². The Labute approximate surface area is 132 Å². The third kappa shape index (κ3) is 1.85. The minimum atomic E-state index is -2.48. The first-order chi connectivity index (χ1) is 11.2. The molecule has 2 aromatic rings. The Balaban J connectivity index is 2.02. The van der Waals surface area contributed by atoms with Gasteiger partial charge in [0.1, 0.15) is 17.9 Å². The van der Waals surface area contributed by atoms with E-state index in [1.54, 1.807) is 0 Å². The Morgan fingerprint density at radius 1 is 1.12 bits per heavy atom. The van der Waals surface area contributed by atoms with E-state index in [1.165, 1.54) is 0 Å². The van der Waals surface area contributed by atoms with Crippen molar-refractivity contribution in [3.8, 4) is 0 Å². The number of aromatic carboxylic acids is 1. The third-order valence-electron chi connectivity index (χ3n) is 4.77. The molecule has 0 bridgehead atoms. The van der Waals surface area contributed by atoms with E-state index in [0.29, 0.717) is 0 Å². The summed E-state index contributed by atoms with van der Waals surface area (Å²) < 4.78 is 56.1. The monoisotopic (exact) mass is 341 g/mol. The molecule has 4 nitrogen and oxygen atoms in total. The van der Waals surface area contributed by atoms with Gasteiger partial charge >= 0.3 is 5.97 Å². The molecule has 0 radical (unpaired) electrons. The van der Waals surface area contributed by atoms with Gasteiger partial charge < -0.3 is 10.1 Å². The smallest absolute Gasteiger partial charge is 0.341 e. The average molecular weight is 341 g/mol. The number of halogens is 4. The summed E-state index contributed by atoms with van der Waals surface area (Å²) in [5.41, 5.74) is -7.07. The van der Waals surface area contributed by atoms with E-state index in [2.05, 4.69) is 4.98 Å². The van der Waals surface area contributed by atoms with Crippen LogP contribution in [0.1, 0.15) is 34.3 Å². The number of carbonyl (C=O) groups is 1. The second kappa shape index (κ2) is 4.37. The van der Waals surface area contributed by atoms with Crippen molar-refractivity contribution in [3.63, 3.8) is 0 Å². The summed E-state index contributed by atoms with van der Waals surface area (Å²) in [5.74, 6) is -1.48. The zero-order chi connectivity index (χ0) is 17.4. The number of fused-ring (bicyclic) bond motifs is 1. The number of aromatic amines is 1. The van der Waals surface area contributed by atoms with E-state index in [1.807, 2.05) is 0 Å². The molecule has 8 heteroatoms. The van der Waals surface area contributed by atoms with Gasteiger partial charge in [-0.1, -0.05) is 0 Å². The molecule has 2 aliphatic rings. The predicted octanol–water partition coefficient (Wildman–Crippen LogP) is 3.04. The normalized spacial score (nSPS) is 34.3. The molecule has 126 valence electrons. The standard InChI is InChI=1S/C16H11F4NO3/c17-11-3-15(11,19)8-1-6-10(2-9(8)16(20)4-12(16)18)21-5-7(13(6)22)14(23)24/h1-2,5,11-12H,3-4H2,(H,21,22)(H,23,24)/t11-,12-,15+,16+/m0/s1. The second-order valence-corrected chi connectivity index (χ2v) is 6.35. The SMILES string of the molecule is O=C(O)c1c[nH]c2cc([C@]3(F)C[C@@H]3F)c([C@]3(F)C[C@@H]3F)cc2c1=O. The summed E-state index contributed by atoms with van der Waals surface area (Å²) in [6.07, 6.45) is -3.72. The van der Waals surface area contributed by atoms with E-state index >= 15 is 0 Å². The quantitative estimate of drug-likeness (QED) is 0.843. The molecule has 4 atom stereocenters. The van der Waals surface area contributed by atoms with Gasteiger partial charge in [-0.15, -0.1) is 0 Å². The van der Waals surface area contributed by atoms with Crippen LogP contribution in [0.25, 0.3) is 10.9 Å². The molecule has 24 heavy (non-hydrogen) atoms. The minimum Gasteiger partial charge on any atom is -0.477 e. The van der Waals surface area contributed by atoms with Crippen molar-refractivity contribution in [2.45, 2.75) is 36.5 Å². The number of carboxylic acids is 1. The zero-order valence-electron chi connectivity index (χ0n) is 12.1. The molecular formula is C16H11F4NO3. The lowest BCUT2D eigenvalue weighted by molar-refractivity contribution is 0.0695. The molecule has 0 spiro atoms. The van der Waals surface area contributed by atoms with Gasteiger partial charge in [0.2, 0.25) is 5.43 Å². The lowest BCUT2D eigenvalue weighted by Gasteiger charge is -2.17. The molecule has 0 unspecified atom stereocenters. The van der Waals surface area contributed by atoms with Crippen molar-refractivity contribution >= 4 is 16.9 Å². The van der Waals surface area contributed by atoms with Gasteiger partial charge in [0.05, 0.1) is 0 Å². The van der Waals surface area contributed by atoms with Gasteiger partial charge in [-0.3, -0.25) is 4.79 Å². The fourth-order valence-corrected chi connectivity index (χ4v) is 3.08. The van der Waals surface area contributed by atoms with Crippen LogP contribution in [0.15, 0.2) is 23.1 Å². The highest BCUT2D eigenvalue weighted by Crippen LogP contribution is 2.60. The van der Waals surface area contributed by atoms with Crippen LogP contribution in [0.2, 0.25) is 0 Å². The summed E-state index contributed by atoms with van der Waals surface area (Å²) in [6, 6.07) is 2.02. The molecule has 1 aromatic heterocycles. The maximum Gasteiger partial charge on any atom is 0.341 e. The topological polar surface area (TPSA) is 70.2 Å². The fraction of sp³-hybridized carbons (Fsp3) is 0.375. The van der Waals surface area contributed by atoms with Crippen LogP contribution in [-0.2, 0) is 11.3 Å². The number of rotatable bonds is 3. The van der Waals surface area contributed by atoms with Gasteiger partial charge in [0, 0.05) is 35.5 Å². The average Bonchev–Trinajstić information content (AvgIpc) is 3.34. The van der Waals surface area contributed by atoms with Crippen molar-refractivity contribution in [1.29, 1.82) is 0 Å². The van der Waals surface area contributed by atoms with Crippen LogP contribution in [-0.4, -0.2) is 28.4 Å². The maximum absolute atomic E-state index is 14.6. The number of alkyl halides is 4. The van der Waals surface area contributed by atoms with Crippen molar-refractivity contribution in [2.75, 3.05) is 0 Å². The van der Waals surface area contributed by atoms with Gasteiger partial charge in [-0.25, -0.2) is 22.4 Å². The number of benzene rings is 1. The fourth-order valence-electron chi connectivity index (χ4n) is 3.08. The van der Waals surface area contributed by atoms with E-state index in [4.69, 9.17) is 5.11 Å². The molecule has 2 fully saturated rings. The molecule has 0 saturated heterocycles. The van der Waals surface area contributed by atoms with Crippen molar-refractivity contribution in [3.05, 3.63) is 45.2 Å². The molecule has 0 amide bonds. The summed E-state index contributed by atoms with van der Waals surface area (Å²) in [5, 5.41) is 8.77. The number of H-pyrrole nitrogens is 1. The molecule has 1 aromatic carbocycles. The molecule has 0 aliphatic heterocycles. The molecule has 2 aliphatic carbocycles. The summed E-state index contributed by atoms with van der Waals surface area (Å²) in [4.78, 5) is 25.8. The third-order valence-corrected chi connectivity index (χ3v) is 4.77. The van der Waals surface area contributed by atoms with E-state index in [-0.39, 0.29) is 16.5 Å². The Morgan fingerprint density at radius 3 is 2.08 bits per heavy atom. The van der Waals surface area contributed by atoms with E-state index < -0.39 is 59.0 Å². The highest BCUT2D eigenvalue weighted by molar-refractivity contribution is 5.92. The summed E-state index contributed by atoms with van der Waals surface area (Å²) in [6.45, 7) is 0. The Bertz CT molecular complexity index is 958. The van der Waals surface area contributed by atoms with Gasteiger partial charge in [-0.05, 0) is 17.7 Å². The molecular weight excluding hydrogens is 330 g/mol. The molecule has 1 heterocycles. The van der Waals surface area contributed by atoms with Crippen molar-refractivity contribution < 1.29 is 27.5 Å². The first kappa shape index (κ1) is 15.2. The number of carboxylic acid groups (broad SMARTS) is 1. The van der Waals surface area contributed by atoms with E-state index in [9.17, 15) is 27.2 Å². The van der Waals surface area contributed by atoms with Gasteiger partial charge in [0.25, 0.3) is 0 Å². The molecule has 2 N–H and O–H groups in total. The molecule has 2 saturated carbocycles. The van der Waals surface area contributed by atoms with Crippen LogP contribution in [0.4, 0.5) is 17.6 Å². The number of aromatic nitrogens is 1. The Morgan fingerprint density at radius 2 is 1.62 bits per heavy atom. The highest BCUT2D eigenvalue weighted by Gasteiger charge is 2.65. The lowest BCUT2D eigenvalue weighted by Crippen LogP contribution is -2.19. The molecule has 4 rings (SSSR count). The number of pyridine rings is 1. The number of hydrogen-bond donors (Lipinski definition) is 2. The second-order valence-electron chi connectivity index (χ2n) is 6.35. The number of nitrogens with one attached hydrogen (secondary N) is 1. The maximum atomic E-state index is 14.6. The van der Waals surface area contributed by atoms with Crippen LogP contribution < -0.4 is 5.43 Å². The summed E-state index contributed by atoms with van der Waals surface area (Å²) >= 11 is 0. The highest BCUT2D eigenvalue weighted by atomic mass is 19.2. The zero-order valence-corrected chi connectivity index (χ0v) is 12.1. The van der Waals surface area contributed by atoms with Crippen molar-refractivity contribution in [1.82, 2.24) is 4.98 Å². The van der Waals surface area contributed by atoms with Gasteiger partial charge in [-0.2, -0.15) is 0 Å². The Hall–Kier alpha value is -2.38. The first-order valence-corrected chi connectivity index (χ1v) is 7.28.